The van der Waals surface area contributed by atoms with Crippen LogP contribution in [-0.4, -0.2) is 15.0 Å². The van der Waals surface area contributed by atoms with Gasteiger partial charge in [0.05, 0.1) is 9.47 Å². The van der Waals surface area contributed by atoms with E-state index >= 15 is 0 Å². The highest BCUT2D eigenvalue weighted by Gasteiger charge is 2.31. The molecule has 0 atom stereocenters. The maximum atomic E-state index is 12.6. The number of thiophene rings is 1. The fraction of sp³-hybridized carbons (Fsp3) is 0.167. The Labute approximate surface area is 124 Å². The summed E-state index contributed by atoms with van der Waals surface area (Å²) in [6.07, 6.45) is 0.701. The van der Waals surface area contributed by atoms with Gasteiger partial charge in [0.25, 0.3) is 10.0 Å². The molecule has 0 amide bonds. The van der Waals surface area contributed by atoms with Gasteiger partial charge in [0.1, 0.15) is 4.21 Å². The Bertz CT molecular complexity index is 740. The Hall–Kier alpha value is -1.05. The molecule has 1 aliphatic heterocycles. The van der Waals surface area contributed by atoms with E-state index in [4.69, 9.17) is 5.73 Å². The number of hydrogen-bond acceptors (Lipinski definition) is 4. The summed E-state index contributed by atoms with van der Waals surface area (Å²) in [4.78, 5) is 0. The van der Waals surface area contributed by atoms with Gasteiger partial charge in [-0.15, -0.1) is 11.3 Å². The van der Waals surface area contributed by atoms with Gasteiger partial charge in [-0.3, -0.25) is 4.31 Å². The molecule has 0 radical (unpaired) electrons. The number of rotatable bonds is 2. The zero-order valence-electron chi connectivity index (χ0n) is 9.84. The van der Waals surface area contributed by atoms with E-state index in [0.29, 0.717) is 22.9 Å². The maximum absolute atomic E-state index is 12.6. The van der Waals surface area contributed by atoms with Crippen LogP contribution in [0.5, 0.6) is 0 Å². The highest BCUT2D eigenvalue weighted by atomic mass is 79.9. The SMILES string of the molecule is Nc1ccc2c(c1)CCN2S(=O)(=O)c1ccc(Br)s1. The number of hydrogen-bond donors (Lipinski definition) is 1. The average Bonchev–Trinajstić information content (AvgIpc) is 2.95. The van der Waals surface area contributed by atoms with Crippen molar-refractivity contribution in [3.8, 4) is 0 Å². The van der Waals surface area contributed by atoms with Crippen molar-refractivity contribution in [3.63, 3.8) is 0 Å². The summed E-state index contributed by atoms with van der Waals surface area (Å²) in [5, 5.41) is 0. The molecule has 0 fully saturated rings. The van der Waals surface area contributed by atoms with Crippen LogP contribution in [0.2, 0.25) is 0 Å². The van der Waals surface area contributed by atoms with E-state index < -0.39 is 10.0 Å². The molecule has 1 aromatic heterocycles. The molecule has 0 unspecified atom stereocenters. The number of halogens is 1. The highest BCUT2D eigenvalue weighted by molar-refractivity contribution is 9.11. The van der Waals surface area contributed by atoms with Crippen LogP contribution < -0.4 is 10.0 Å². The van der Waals surface area contributed by atoms with Crippen LogP contribution in [0, 0.1) is 0 Å². The van der Waals surface area contributed by atoms with Crippen molar-refractivity contribution in [3.05, 3.63) is 39.7 Å². The van der Waals surface area contributed by atoms with Crippen LogP contribution >= 0.6 is 27.3 Å². The Morgan fingerprint density at radius 2 is 2.05 bits per heavy atom. The van der Waals surface area contributed by atoms with Gasteiger partial charge in [-0.1, -0.05) is 0 Å². The molecular weight excluding hydrogens is 348 g/mol. The molecule has 2 heterocycles. The second-order valence-electron chi connectivity index (χ2n) is 4.27. The molecule has 0 aliphatic carbocycles. The number of sulfonamides is 1. The summed E-state index contributed by atoms with van der Waals surface area (Å²) in [5.74, 6) is 0. The van der Waals surface area contributed by atoms with Gasteiger partial charge in [-0.25, -0.2) is 8.42 Å². The van der Waals surface area contributed by atoms with Crippen LogP contribution in [-0.2, 0) is 16.4 Å². The van der Waals surface area contributed by atoms with E-state index in [0.717, 1.165) is 15.0 Å². The van der Waals surface area contributed by atoms with E-state index in [1.807, 2.05) is 6.07 Å². The summed E-state index contributed by atoms with van der Waals surface area (Å²) in [6.45, 7) is 0.469. The fourth-order valence-electron chi connectivity index (χ4n) is 2.19. The monoisotopic (exact) mass is 358 g/mol. The lowest BCUT2D eigenvalue weighted by Crippen LogP contribution is -2.28. The second kappa shape index (κ2) is 4.50. The van der Waals surface area contributed by atoms with E-state index in [-0.39, 0.29) is 0 Å². The van der Waals surface area contributed by atoms with E-state index in [1.54, 1.807) is 24.3 Å². The average molecular weight is 359 g/mol. The minimum absolute atomic E-state index is 0.351. The largest absolute Gasteiger partial charge is 0.399 e. The first-order chi connectivity index (χ1) is 8.98. The van der Waals surface area contributed by atoms with Crippen molar-refractivity contribution in [2.45, 2.75) is 10.6 Å². The molecule has 0 spiro atoms. The van der Waals surface area contributed by atoms with Gasteiger partial charge < -0.3 is 5.73 Å². The topological polar surface area (TPSA) is 63.4 Å². The number of anilines is 2. The number of benzene rings is 1. The predicted octanol–water partition coefficient (Wildman–Crippen LogP) is 2.84. The van der Waals surface area contributed by atoms with Crippen LogP contribution in [0.4, 0.5) is 11.4 Å². The molecule has 7 heteroatoms. The summed E-state index contributed by atoms with van der Waals surface area (Å²) in [6, 6.07) is 8.72. The first-order valence-electron chi connectivity index (χ1n) is 5.65. The summed E-state index contributed by atoms with van der Waals surface area (Å²) < 4.78 is 27.8. The van der Waals surface area contributed by atoms with Gasteiger partial charge in [-0.2, -0.15) is 0 Å². The highest BCUT2D eigenvalue weighted by Crippen LogP contribution is 2.36. The van der Waals surface area contributed by atoms with Gasteiger partial charge in [0, 0.05) is 12.2 Å². The predicted molar refractivity (Wildman–Crippen MR) is 81.1 cm³/mol. The third-order valence-electron chi connectivity index (χ3n) is 3.05. The van der Waals surface area contributed by atoms with Crippen molar-refractivity contribution < 1.29 is 8.42 Å². The van der Waals surface area contributed by atoms with Crippen molar-refractivity contribution in [1.29, 1.82) is 0 Å². The minimum atomic E-state index is -3.46. The lowest BCUT2D eigenvalue weighted by molar-refractivity contribution is 0.594. The van der Waals surface area contributed by atoms with Crippen molar-refractivity contribution in [2.75, 3.05) is 16.6 Å². The van der Waals surface area contributed by atoms with Gasteiger partial charge in [0.15, 0.2) is 0 Å². The van der Waals surface area contributed by atoms with Crippen LogP contribution in [0.1, 0.15) is 5.56 Å². The van der Waals surface area contributed by atoms with Crippen LogP contribution in [0.25, 0.3) is 0 Å². The summed E-state index contributed by atoms with van der Waals surface area (Å²) >= 11 is 4.52. The number of fused-ring (bicyclic) bond motifs is 1. The third kappa shape index (κ3) is 2.15. The molecule has 2 N–H and O–H groups in total. The zero-order valence-corrected chi connectivity index (χ0v) is 13.1. The Balaban J connectivity index is 2.06. The Morgan fingerprint density at radius 1 is 1.26 bits per heavy atom. The van der Waals surface area contributed by atoms with Crippen molar-refractivity contribution in [2.24, 2.45) is 0 Å². The Morgan fingerprint density at radius 3 is 2.74 bits per heavy atom. The molecule has 0 saturated heterocycles. The molecule has 2 aromatic rings. The molecule has 100 valence electrons. The zero-order chi connectivity index (χ0) is 13.6. The first-order valence-corrected chi connectivity index (χ1v) is 8.70. The standard InChI is InChI=1S/C12H11BrN2O2S2/c13-11-3-4-12(18-11)19(16,17)15-6-5-8-7-9(14)1-2-10(8)15/h1-4,7H,5-6,14H2. The fourth-order valence-corrected chi connectivity index (χ4v) is 5.81. The molecular formula is C12H11BrN2O2S2. The summed E-state index contributed by atoms with van der Waals surface area (Å²) in [7, 11) is -3.46. The minimum Gasteiger partial charge on any atom is -0.399 e. The van der Waals surface area contributed by atoms with E-state index in [9.17, 15) is 8.42 Å². The maximum Gasteiger partial charge on any atom is 0.273 e. The Kier molecular flexibility index (Phi) is 3.07. The quantitative estimate of drug-likeness (QED) is 0.839. The molecule has 1 aliphatic rings. The first kappa shape index (κ1) is 13.0. The van der Waals surface area contributed by atoms with Crippen molar-refractivity contribution >= 4 is 48.7 Å². The lowest BCUT2D eigenvalue weighted by atomic mass is 10.1. The molecule has 0 saturated carbocycles. The van der Waals surface area contributed by atoms with Gasteiger partial charge in [0.2, 0.25) is 0 Å². The van der Waals surface area contributed by atoms with Crippen LogP contribution in [0.15, 0.2) is 38.3 Å². The molecule has 4 nitrogen and oxygen atoms in total. The van der Waals surface area contributed by atoms with Crippen molar-refractivity contribution in [1.82, 2.24) is 0 Å². The lowest BCUT2D eigenvalue weighted by Gasteiger charge is -2.18. The molecule has 0 bridgehead atoms. The second-order valence-corrected chi connectivity index (χ2v) is 8.83. The summed E-state index contributed by atoms with van der Waals surface area (Å²) in [5.41, 5.74) is 8.11. The van der Waals surface area contributed by atoms with Crippen LogP contribution in [0.3, 0.4) is 0 Å². The number of nitrogens with two attached hydrogens (primary N) is 1. The molecule has 19 heavy (non-hydrogen) atoms. The smallest absolute Gasteiger partial charge is 0.273 e. The van der Waals surface area contributed by atoms with E-state index in [1.165, 1.54) is 15.6 Å². The molecule has 1 aromatic carbocycles. The normalized spacial score (nSPS) is 14.7. The molecule has 3 rings (SSSR count). The van der Waals surface area contributed by atoms with Gasteiger partial charge in [-0.05, 0) is 58.2 Å². The third-order valence-corrected chi connectivity index (χ3v) is 6.95. The van der Waals surface area contributed by atoms with Gasteiger partial charge >= 0.3 is 0 Å². The number of nitrogens with zero attached hydrogens (tertiary/aromatic N) is 1. The number of nitrogen functional groups attached to an aromatic ring is 1. The van der Waals surface area contributed by atoms with E-state index in [2.05, 4.69) is 15.9 Å².